The predicted molar refractivity (Wildman–Crippen MR) is 131 cm³/mol. The number of carbonyl (C=O) groups excluding carboxylic acids is 3. The van der Waals surface area contributed by atoms with Crippen molar-refractivity contribution in [3.05, 3.63) is 54.3 Å². The fraction of sp³-hybridized carbons (Fsp3) is 0.536. The third-order valence-electron chi connectivity index (χ3n) is 8.73. The van der Waals surface area contributed by atoms with Crippen molar-refractivity contribution in [3.8, 4) is 5.75 Å². The molecule has 1 spiro atoms. The average molecular weight is 512 g/mol. The maximum Gasteiger partial charge on any atom is 0.514 e. The fourth-order valence-corrected chi connectivity index (χ4v) is 6.52. The molecule has 3 heterocycles. The Bertz CT molecular complexity index is 1170. The van der Waals surface area contributed by atoms with Crippen molar-refractivity contribution in [3.63, 3.8) is 0 Å². The van der Waals surface area contributed by atoms with Crippen LogP contribution in [0.1, 0.15) is 39.7 Å². The van der Waals surface area contributed by atoms with Crippen LogP contribution in [0.25, 0.3) is 0 Å². The smallest absolute Gasteiger partial charge is 0.508 e. The zero-order valence-corrected chi connectivity index (χ0v) is 21.3. The summed E-state index contributed by atoms with van der Waals surface area (Å²) in [6.07, 6.45) is 4.98. The highest BCUT2D eigenvalue weighted by molar-refractivity contribution is 5.92. The Morgan fingerprint density at radius 1 is 1.11 bits per heavy atom. The molecule has 3 aliphatic heterocycles. The van der Waals surface area contributed by atoms with Crippen molar-refractivity contribution >= 4 is 17.8 Å². The van der Waals surface area contributed by atoms with Crippen molar-refractivity contribution in [1.82, 2.24) is 5.32 Å². The van der Waals surface area contributed by atoms with Crippen molar-refractivity contribution < 1.29 is 38.8 Å². The van der Waals surface area contributed by atoms with Gasteiger partial charge in [-0.3, -0.25) is 9.59 Å². The molecule has 9 unspecified atom stereocenters. The number of amides is 1. The normalized spacial score (nSPS) is 43.1. The minimum Gasteiger partial charge on any atom is -0.508 e. The molecule has 3 fully saturated rings. The summed E-state index contributed by atoms with van der Waals surface area (Å²) >= 11 is 0. The molecule has 0 radical (unpaired) electrons. The van der Waals surface area contributed by atoms with Crippen molar-refractivity contribution in [2.45, 2.75) is 69.5 Å². The summed E-state index contributed by atoms with van der Waals surface area (Å²) < 4.78 is 17.3. The van der Waals surface area contributed by atoms with Crippen LogP contribution in [0.5, 0.6) is 5.75 Å². The van der Waals surface area contributed by atoms with Crippen molar-refractivity contribution in [2.75, 3.05) is 0 Å². The Morgan fingerprint density at radius 3 is 2.51 bits per heavy atom. The minimum atomic E-state index is -1.83. The number of cyclic esters (lactones) is 1. The van der Waals surface area contributed by atoms with Crippen LogP contribution in [-0.2, 0) is 30.2 Å². The number of nitrogens with one attached hydrogen (secondary N) is 1. The molecule has 9 nitrogen and oxygen atoms in total. The Balaban J connectivity index is 1.57. The van der Waals surface area contributed by atoms with E-state index in [1.807, 2.05) is 19.9 Å². The van der Waals surface area contributed by atoms with Gasteiger partial charge in [-0.05, 0) is 56.4 Å². The van der Waals surface area contributed by atoms with E-state index < -0.39 is 52.4 Å². The lowest BCUT2D eigenvalue weighted by Crippen LogP contribution is -2.61. The van der Waals surface area contributed by atoms with Gasteiger partial charge in [0.1, 0.15) is 11.4 Å². The number of benzene rings is 1. The van der Waals surface area contributed by atoms with Gasteiger partial charge in [0.05, 0.1) is 23.9 Å². The summed E-state index contributed by atoms with van der Waals surface area (Å²) in [6.45, 7) is 7.06. The molecule has 9 heteroatoms. The Hall–Kier alpha value is -3.17. The van der Waals surface area contributed by atoms with Crippen LogP contribution in [0, 0.1) is 23.7 Å². The number of phenolic OH excluding ortho intramolecular Hbond substituents is 1. The van der Waals surface area contributed by atoms with Gasteiger partial charge in [-0.15, -0.1) is 0 Å². The summed E-state index contributed by atoms with van der Waals surface area (Å²) in [5, 5.41) is 23.3. The quantitative estimate of drug-likeness (QED) is 0.313. The Kier molecular flexibility index (Phi) is 5.99. The molecule has 1 amide bonds. The van der Waals surface area contributed by atoms with Gasteiger partial charge >= 0.3 is 6.16 Å². The van der Waals surface area contributed by atoms with E-state index in [4.69, 9.17) is 14.2 Å². The van der Waals surface area contributed by atoms with E-state index in [-0.39, 0.29) is 23.8 Å². The Labute approximate surface area is 215 Å². The highest BCUT2D eigenvalue weighted by Crippen LogP contribution is 2.63. The van der Waals surface area contributed by atoms with E-state index in [0.717, 1.165) is 17.9 Å². The number of aromatic hydroxyl groups is 1. The highest BCUT2D eigenvalue weighted by atomic mass is 16.7. The SMILES string of the molecule is CC1CC=CC2C3OC3(C)C(C)C3C(Cc4ccc(O)cc4)NC(=O)C23OC(=O)OC=CC(C)(O)C1=O. The number of Topliss-reactive ketones (excluding diaryl/α,β-unsaturated/α-hetero) is 1. The molecule has 4 aliphatic rings. The van der Waals surface area contributed by atoms with E-state index in [2.05, 4.69) is 5.32 Å². The first-order valence-corrected chi connectivity index (χ1v) is 12.7. The number of hydrogen-bond acceptors (Lipinski definition) is 8. The molecule has 0 aromatic heterocycles. The highest BCUT2D eigenvalue weighted by Gasteiger charge is 2.78. The second kappa shape index (κ2) is 8.70. The summed E-state index contributed by atoms with van der Waals surface area (Å²) in [4.78, 5) is 39.5. The maximum atomic E-state index is 13.8. The summed E-state index contributed by atoms with van der Waals surface area (Å²) in [6, 6.07) is 6.41. The number of epoxide rings is 1. The topological polar surface area (TPSA) is 135 Å². The summed E-state index contributed by atoms with van der Waals surface area (Å²) in [5.41, 5.74) is -3.03. The number of allylic oxidation sites excluding steroid dienone is 1. The molecule has 2 saturated heterocycles. The minimum absolute atomic E-state index is 0.148. The van der Waals surface area contributed by atoms with Gasteiger partial charge in [-0.25, -0.2) is 4.79 Å². The van der Waals surface area contributed by atoms with Crippen LogP contribution in [0.4, 0.5) is 4.79 Å². The average Bonchev–Trinajstić information content (AvgIpc) is 3.45. The molecule has 5 rings (SSSR count). The number of rotatable bonds is 2. The van der Waals surface area contributed by atoms with Gasteiger partial charge in [-0.2, -0.15) is 0 Å². The third kappa shape index (κ3) is 4.05. The fourth-order valence-electron chi connectivity index (χ4n) is 6.52. The Morgan fingerprint density at radius 2 is 1.81 bits per heavy atom. The zero-order valence-electron chi connectivity index (χ0n) is 21.3. The van der Waals surface area contributed by atoms with E-state index in [0.29, 0.717) is 12.8 Å². The molecular formula is C28H33NO8. The first-order valence-electron chi connectivity index (χ1n) is 12.7. The van der Waals surface area contributed by atoms with Crippen LogP contribution >= 0.6 is 0 Å². The third-order valence-corrected chi connectivity index (χ3v) is 8.73. The van der Waals surface area contributed by atoms with E-state index in [9.17, 15) is 24.6 Å². The zero-order chi connectivity index (χ0) is 26.8. The molecule has 3 N–H and O–H groups in total. The molecular weight excluding hydrogens is 478 g/mol. The number of carbonyl (C=O) groups is 3. The first kappa shape index (κ1) is 25.5. The molecule has 1 aromatic rings. The number of ketones is 1. The van der Waals surface area contributed by atoms with Crippen molar-refractivity contribution in [1.29, 1.82) is 0 Å². The van der Waals surface area contributed by atoms with Crippen molar-refractivity contribution in [2.24, 2.45) is 23.7 Å². The van der Waals surface area contributed by atoms with Gasteiger partial charge in [0.25, 0.3) is 5.91 Å². The predicted octanol–water partition coefficient (Wildman–Crippen LogP) is 2.79. The van der Waals surface area contributed by atoms with Gasteiger partial charge in [0.2, 0.25) is 5.60 Å². The van der Waals surface area contributed by atoms with Crippen LogP contribution in [0.15, 0.2) is 48.8 Å². The molecule has 1 aromatic carbocycles. The standard InChI is InChI=1S/C28H33NO8/c1-15-6-5-7-19-23-27(4,36-23)16(2)21-20(14-17-8-10-18(30)11-9-17)29-24(32)28(19,21)37-25(33)35-13-12-26(3,34)22(15)31/h5,7-13,15-16,19-21,23,30,34H,6,14H2,1-4H3,(H,29,32). The number of hydrogen-bond donors (Lipinski definition) is 3. The molecule has 1 aliphatic carbocycles. The maximum absolute atomic E-state index is 13.8. The second-order valence-corrected chi connectivity index (χ2v) is 11.2. The molecule has 9 atom stereocenters. The number of ether oxygens (including phenoxy) is 3. The summed E-state index contributed by atoms with van der Waals surface area (Å²) in [5.74, 6) is -2.42. The van der Waals surface area contributed by atoms with Crippen LogP contribution < -0.4 is 5.32 Å². The first-order chi connectivity index (χ1) is 17.4. The summed E-state index contributed by atoms with van der Waals surface area (Å²) in [7, 11) is 0. The van der Waals surface area contributed by atoms with E-state index >= 15 is 0 Å². The number of phenols is 1. The monoisotopic (exact) mass is 511 g/mol. The van der Waals surface area contributed by atoms with Gasteiger partial charge < -0.3 is 29.7 Å². The van der Waals surface area contributed by atoms with Gasteiger partial charge in [0.15, 0.2) is 5.78 Å². The van der Waals surface area contributed by atoms with Gasteiger partial charge in [0, 0.05) is 17.9 Å². The largest absolute Gasteiger partial charge is 0.514 e. The molecule has 37 heavy (non-hydrogen) atoms. The molecule has 1 saturated carbocycles. The van der Waals surface area contributed by atoms with E-state index in [1.54, 1.807) is 37.3 Å². The van der Waals surface area contributed by atoms with Crippen LogP contribution in [0.3, 0.4) is 0 Å². The molecule has 198 valence electrons. The lowest BCUT2D eigenvalue weighted by molar-refractivity contribution is -0.153. The lowest BCUT2D eigenvalue weighted by Gasteiger charge is -2.45. The lowest BCUT2D eigenvalue weighted by atomic mass is 9.59. The van der Waals surface area contributed by atoms with Crippen LogP contribution in [-0.4, -0.2) is 57.0 Å². The molecule has 0 bridgehead atoms. The van der Waals surface area contributed by atoms with Gasteiger partial charge in [-0.1, -0.05) is 38.1 Å². The number of aliphatic hydroxyl groups is 1. The van der Waals surface area contributed by atoms with Crippen LogP contribution in [0.2, 0.25) is 0 Å². The number of fused-ring (bicyclic) bond motifs is 2. The second-order valence-electron chi connectivity index (χ2n) is 11.2. The van der Waals surface area contributed by atoms with E-state index in [1.165, 1.54) is 6.92 Å².